The van der Waals surface area contributed by atoms with Gasteiger partial charge in [-0.25, -0.2) is 9.78 Å². The summed E-state index contributed by atoms with van der Waals surface area (Å²) in [6, 6.07) is 5.59. The highest BCUT2D eigenvalue weighted by Gasteiger charge is 2.31. The summed E-state index contributed by atoms with van der Waals surface area (Å²) in [7, 11) is 2.96. The van der Waals surface area contributed by atoms with Gasteiger partial charge in [0.15, 0.2) is 23.9 Å². The minimum atomic E-state index is -4.62. The SMILES string of the molecule is COc1ccc(C=CC(=O)OCC(=O)Nc2ncc(C(F)(F)F)cc2Cl)cc1OC. The van der Waals surface area contributed by atoms with Crippen LogP contribution in [0.1, 0.15) is 11.1 Å². The number of nitrogens with one attached hydrogen (secondary N) is 1. The molecule has 1 aromatic carbocycles. The van der Waals surface area contributed by atoms with Gasteiger partial charge >= 0.3 is 12.1 Å². The molecular formula is C19H16ClF3N2O5. The van der Waals surface area contributed by atoms with Crippen molar-refractivity contribution in [3.8, 4) is 11.5 Å². The number of nitrogens with zero attached hydrogens (tertiary/aromatic N) is 1. The molecule has 30 heavy (non-hydrogen) atoms. The number of halogens is 4. The number of alkyl halides is 3. The van der Waals surface area contributed by atoms with Gasteiger partial charge in [-0.3, -0.25) is 4.79 Å². The van der Waals surface area contributed by atoms with Crippen LogP contribution in [-0.4, -0.2) is 37.7 Å². The predicted molar refractivity (Wildman–Crippen MR) is 102 cm³/mol. The third-order valence-corrected chi connectivity index (χ3v) is 3.88. The Morgan fingerprint density at radius 2 is 1.87 bits per heavy atom. The first-order chi connectivity index (χ1) is 14.1. The average molecular weight is 445 g/mol. The number of carbonyl (C=O) groups is 2. The zero-order chi connectivity index (χ0) is 22.3. The summed E-state index contributed by atoms with van der Waals surface area (Å²) in [4.78, 5) is 27.0. The lowest BCUT2D eigenvalue weighted by Crippen LogP contribution is -2.21. The van der Waals surface area contributed by atoms with E-state index in [1.165, 1.54) is 20.3 Å². The zero-order valence-electron chi connectivity index (χ0n) is 15.7. The number of methoxy groups -OCH3 is 2. The molecule has 0 aliphatic rings. The fourth-order valence-electron chi connectivity index (χ4n) is 2.16. The van der Waals surface area contributed by atoms with E-state index in [0.29, 0.717) is 29.3 Å². The summed E-state index contributed by atoms with van der Waals surface area (Å²) in [5.74, 6) is -0.937. The molecule has 0 aliphatic carbocycles. The summed E-state index contributed by atoms with van der Waals surface area (Å²) in [6.07, 6.45) is -1.55. The van der Waals surface area contributed by atoms with Crippen LogP contribution in [0.15, 0.2) is 36.5 Å². The van der Waals surface area contributed by atoms with E-state index in [9.17, 15) is 22.8 Å². The Bertz CT molecular complexity index is 964. The average Bonchev–Trinajstić information content (AvgIpc) is 2.71. The Hall–Kier alpha value is -3.27. The van der Waals surface area contributed by atoms with E-state index in [0.717, 1.165) is 6.08 Å². The molecule has 0 unspecified atom stereocenters. The van der Waals surface area contributed by atoms with Gasteiger partial charge in [-0.05, 0) is 29.8 Å². The van der Waals surface area contributed by atoms with Crippen LogP contribution in [-0.2, 0) is 20.5 Å². The first kappa shape index (κ1) is 23.0. The second-order valence-corrected chi connectivity index (χ2v) is 6.06. The highest BCUT2D eigenvalue weighted by molar-refractivity contribution is 6.33. The third-order valence-electron chi connectivity index (χ3n) is 3.59. The maximum Gasteiger partial charge on any atom is 0.417 e. The van der Waals surface area contributed by atoms with Gasteiger partial charge in [0.05, 0.1) is 24.8 Å². The molecule has 1 N–H and O–H groups in total. The van der Waals surface area contributed by atoms with E-state index in [-0.39, 0.29) is 5.82 Å². The van der Waals surface area contributed by atoms with E-state index < -0.39 is 35.2 Å². The lowest BCUT2D eigenvalue weighted by atomic mass is 10.2. The topological polar surface area (TPSA) is 86.8 Å². The fourth-order valence-corrected chi connectivity index (χ4v) is 2.37. The second-order valence-electron chi connectivity index (χ2n) is 5.66. The van der Waals surface area contributed by atoms with Crippen molar-refractivity contribution >= 4 is 35.4 Å². The van der Waals surface area contributed by atoms with Gasteiger partial charge < -0.3 is 19.5 Å². The number of amides is 1. The number of anilines is 1. The second kappa shape index (κ2) is 9.97. The fraction of sp³-hybridized carbons (Fsp3) is 0.211. The molecule has 0 bridgehead atoms. The van der Waals surface area contributed by atoms with Crippen LogP contribution in [0.5, 0.6) is 11.5 Å². The van der Waals surface area contributed by atoms with Crippen LogP contribution in [0.3, 0.4) is 0 Å². The molecule has 0 spiro atoms. The van der Waals surface area contributed by atoms with Crippen LogP contribution in [0, 0.1) is 0 Å². The number of benzene rings is 1. The first-order valence-corrected chi connectivity index (χ1v) is 8.61. The van der Waals surface area contributed by atoms with E-state index >= 15 is 0 Å². The Morgan fingerprint density at radius 3 is 2.47 bits per heavy atom. The van der Waals surface area contributed by atoms with Crippen molar-refractivity contribution in [2.24, 2.45) is 0 Å². The number of hydrogen-bond acceptors (Lipinski definition) is 6. The lowest BCUT2D eigenvalue weighted by Gasteiger charge is -2.10. The van der Waals surface area contributed by atoms with Gasteiger partial charge in [-0.2, -0.15) is 13.2 Å². The normalized spacial score (nSPS) is 11.3. The van der Waals surface area contributed by atoms with Crippen molar-refractivity contribution in [1.29, 1.82) is 0 Å². The van der Waals surface area contributed by atoms with Gasteiger partial charge in [0.1, 0.15) is 0 Å². The van der Waals surface area contributed by atoms with Crippen molar-refractivity contribution in [3.05, 3.63) is 52.7 Å². The molecule has 0 fully saturated rings. The van der Waals surface area contributed by atoms with Crippen LogP contribution in [0.25, 0.3) is 6.08 Å². The van der Waals surface area contributed by atoms with Gasteiger partial charge in [0, 0.05) is 12.3 Å². The Labute approximate surface area is 174 Å². The van der Waals surface area contributed by atoms with Crippen LogP contribution in [0.4, 0.5) is 19.0 Å². The van der Waals surface area contributed by atoms with Crippen molar-refractivity contribution < 1.29 is 37.0 Å². The van der Waals surface area contributed by atoms with Crippen molar-refractivity contribution in [3.63, 3.8) is 0 Å². The highest BCUT2D eigenvalue weighted by atomic mass is 35.5. The van der Waals surface area contributed by atoms with Gasteiger partial charge in [-0.1, -0.05) is 17.7 Å². The maximum atomic E-state index is 12.6. The standard InChI is InChI=1S/C19H16ClF3N2O5/c1-28-14-5-3-11(7-15(14)29-2)4-6-17(27)30-10-16(26)25-18-13(20)8-12(9-24-18)19(21,22)23/h3-9H,10H2,1-2H3,(H,24,25,26). The Morgan fingerprint density at radius 1 is 1.17 bits per heavy atom. The predicted octanol–water partition coefficient (Wildman–Crippen LogP) is 3.97. The largest absolute Gasteiger partial charge is 0.493 e. The smallest absolute Gasteiger partial charge is 0.417 e. The third kappa shape index (κ3) is 6.38. The minimum absolute atomic E-state index is 0.286. The van der Waals surface area contributed by atoms with E-state index in [1.807, 2.05) is 0 Å². The molecule has 1 amide bonds. The van der Waals surface area contributed by atoms with Gasteiger partial charge in [0.25, 0.3) is 5.91 Å². The first-order valence-electron chi connectivity index (χ1n) is 8.23. The summed E-state index contributed by atoms with van der Waals surface area (Å²) >= 11 is 5.69. The molecule has 0 saturated carbocycles. The van der Waals surface area contributed by atoms with Crippen molar-refractivity contribution in [2.45, 2.75) is 6.18 Å². The monoisotopic (exact) mass is 444 g/mol. The van der Waals surface area contributed by atoms with Crippen LogP contribution < -0.4 is 14.8 Å². The van der Waals surface area contributed by atoms with Crippen molar-refractivity contribution in [1.82, 2.24) is 4.98 Å². The molecule has 1 heterocycles. The number of aromatic nitrogens is 1. The van der Waals surface area contributed by atoms with Crippen molar-refractivity contribution in [2.75, 3.05) is 26.1 Å². The lowest BCUT2D eigenvalue weighted by molar-refractivity contribution is -0.142. The molecule has 11 heteroatoms. The molecule has 160 valence electrons. The number of esters is 1. The number of ether oxygens (including phenoxy) is 3. The summed E-state index contributed by atoms with van der Waals surface area (Å²) in [5.41, 5.74) is -0.438. The Balaban J connectivity index is 1.90. The van der Waals surface area contributed by atoms with Crippen LogP contribution in [0.2, 0.25) is 5.02 Å². The van der Waals surface area contributed by atoms with Gasteiger partial charge in [-0.15, -0.1) is 0 Å². The number of hydrogen-bond donors (Lipinski definition) is 1. The molecule has 7 nitrogen and oxygen atoms in total. The number of carbonyl (C=O) groups excluding carboxylic acids is 2. The number of rotatable bonds is 7. The summed E-state index contributed by atoms with van der Waals surface area (Å²) < 4.78 is 52.8. The molecule has 0 saturated heterocycles. The Kier molecular flexibility index (Phi) is 7.65. The molecule has 0 radical (unpaired) electrons. The highest BCUT2D eigenvalue weighted by Crippen LogP contribution is 2.32. The van der Waals surface area contributed by atoms with Crippen LogP contribution >= 0.6 is 11.6 Å². The molecule has 0 aliphatic heterocycles. The van der Waals surface area contributed by atoms with E-state index in [4.69, 9.17) is 25.8 Å². The molecule has 0 atom stereocenters. The minimum Gasteiger partial charge on any atom is -0.493 e. The molecule has 2 rings (SSSR count). The number of pyridine rings is 1. The quantitative estimate of drug-likeness (QED) is 0.513. The van der Waals surface area contributed by atoms with Gasteiger partial charge in [0.2, 0.25) is 0 Å². The zero-order valence-corrected chi connectivity index (χ0v) is 16.5. The molecule has 1 aromatic heterocycles. The maximum absolute atomic E-state index is 12.6. The summed E-state index contributed by atoms with van der Waals surface area (Å²) in [6.45, 7) is -0.686. The van der Waals surface area contributed by atoms with E-state index in [1.54, 1.807) is 18.2 Å². The molecular weight excluding hydrogens is 429 g/mol. The summed E-state index contributed by atoms with van der Waals surface area (Å²) in [5, 5.41) is 1.76. The van der Waals surface area contributed by atoms with E-state index in [2.05, 4.69) is 10.3 Å². The molecule has 2 aromatic rings.